The first-order valence-corrected chi connectivity index (χ1v) is 7.79. The molecule has 0 aliphatic rings. The molecule has 0 unspecified atom stereocenters. The molecule has 2 rings (SSSR count). The third-order valence-corrected chi connectivity index (χ3v) is 3.91. The number of hydrogen-bond donors (Lipinski definition) is 0. The molecular formula is C19H14F6O3. The molecule has 9 heteroatoms. The van der Waals surface area contributed by atoms with E-state index in [2.05, 4.69) is 9.47 Å². The highest BCUT2D eigenvalue weighted by atomic mass is 19.4. The number of halogens is 6. The van der Waals surface area contributed by atoms with Crippen molar-refractivity contribution in [1.29, 1.82) is 0 Å². The zero-order valence-electron chi connectivity index (χ0n) is 14.3. The maximum atomic E-state index is 14.0. The van der Waals surface area contributed by atoms with Gasteiger partial charge in [0.1, 0.15) is 0 Å². The van der Waals surface area contributed by atoms with Gasteiger partial charge in [0, 0.05) is 12.7 Å². The maximum absolute atomic E-state index is 14.0. The number of carbonyl (C=O) groups excluding carboxylic acids is 1. The van der Waals surface area contributed by atoms with Crippen LogP contribution in [-0.2, 0) is 19.9 Å². The summed E-state index contributed by atoms with van der Waals surface area (Å²) < 4.78 is 90.2. The smallest absolute Gasteiger partial charge is 0.432 e. The molecule has 0 fully saturated rings. The summed E-state index contributed by atoms with van der Waals surface area (Å²) in [5.41, 5.74) is -4.55. The molecule has 0 saturated carbocycles. The fourth-order valence-electron chi connectivity index (χ4n) is 2.57. The van der Waals surface area contributed by atoms with Crippen molar-refractivity contribution < 1.29 is 40.6 Å². The van der Waals surface area contributed by atoms with E-state index < -0.39 is 41.3 Å². The third-order valence-electron chi connectivity index (χ3n) is 3.91. The Hall–Kier alpha value is -2.81. The van der Waals surface area contributed by atoms with Gasteiger partial charge in [-0.25, -0.2) is 9.18 Å². The van der Waals surface area contributed by atoms with E-state index in [9.17, 15) is 31.1 Å². The number of methoxy groups -OCH3 is 1. The van der Waals surface area contributed by atoms with Crippen LogP contribution in [0.1, 0.15) is 17.2 Å². The number of esters is 1. The monoisotopic (exact) mass is 404 g/mol. The minimum absolute atomic E-state index is 0.276. The summed E-state index contributed by atoms with van der Waals surface area (Å²) >= 11 is 0. The zero-order valence-corrected chi connectivity index (χ0v) is 14.3. The fraction of sp³-hybridized carbons (Fsp3) is 0.211. The van der Waals surface area contributed by atoms with Gasteiger partial charge in [-0.1, -0.05) is 60.7 Å². The predicted octanol–water partition coefficient (Wildman–Crippen LogP) is 5.45. The predicted molar refractivity (Wildman–Crippen MR) is 86.8 cm³/mol. The Morgan fingerprint density at radius 3 is 1.82 bits per heavy atom. The van der Waals surface area contributed by atoms with E-state index in [4.69, 9.17) is 0 Å². The first-order valence-electron chi connectivity index (χ1n) is 7.79. The highest BCUT2D eigenvalue weighted by Gasteiger charge is 2.64. The van der Waals surface area contributed by atoms with Gasteiger partial charge in [0.2, 0.25) is 5.83 Å². The lowest BCUT2D eigenvalue weighted by atomic mass is 9.92. The normalized spacial score (nSPS) is 14.7. The van der Waals surface area contributed by atoms with Crippen molar-refractivity contribution in [2.75, 3.05) is 7.11 Å². The van der Waals surface area contributed by atoms with E-state index in [0.717, 1.165) is 24.3 Å². The van der Waals surface area contributed by atoms with Crippen molar-refractivity contribution in [1.82, 2.24) is 0 Å². The van der Waals surface area contributed by atoms with E-state index in [0.29, 0.717) is 7.11 Å². The average Bonchev–Trinajstić information content (AvgIpc) is 2.67. The molecular weight excluding hydrogens is 390 g/mol. The van der Waals surface area contributed by atoms with Gasteiger partial charge in [0.25, 0.3) is 5.60 Å². The van der Waals surface area contributed by atoms with Crippen molar-refractivity contribution in [2.45, 2.75) is 17.9 Å². The first kappa shape index (κ1) is 21.5. The van der Waals surface area contributed by atoms with Crippen LogP contribution < -0.4 is 0 Å². The summed E-state index contributed by atoms with van der Waals surface area (Å²) in [6, 6.07) is 12.1. The van der Waals surface area contributed by atoms with Gasteiger partial charge in [0.05, 0.1) is 0 Å². The van der Waals surface area contributed by atoms with Crippen LogP contribution in [0.25, 0.3) is 0 Å². The van der Waals surface area contributed by atoms with Crippen LogP contribution in [0.3, 0.4) is 0 Å². The molecule has 2 atom stereocenters. The lowest BCUT2D eigenvalue weighted by Gasteiger charge is -2.33. The van der Waals surface area contributed by atoms with E-state index >= 15 is 0 Å². The minimum Gasteiger partial charge on any atom is -0.447 e. The average molecular weight is 404 g/mol. The van der Waals surface area contributed by atoms with Crippen LogP contribution in [0.2, 0.25) is 0 Å². The maximum Gasteiger partial charge on any atom is 0.432 e. The van der Waals surface area contributed by atoms with Gasteiger partial charge >= 0.3 is 18.2 Å². The molecule has 0 spiro atoms. The number of carbonyl (C=O) groups is 1. The molecule has 0 heterocycles. The standard InChI is InChI=1S/C19H14F6O3/c1-27-18(19(23,24)25,13-10-6-3-7-11-13)17(26)28-15(14(20)16(21)22)12-8-4-2-5-9-12/h2-11,15H,1H3/t15-,18-/m0/s1. The van der Waals surface area contributed by atoms with Crippen LogP contribution in [-0.4, -0.2) is 19.3 Å². The van der Waals surface area contributed by atoms with E-state index in [1.165, 1.54) is 36.4 Å². The summed E-state index contributed by atoms with van der Waals surface area (Å²) in [5.74, 6) is -4.27. The Morgan fingerprint density at radius 2 is 1.39 bits per heavy atom. The minimum atomic E-state index is -5.32. The van der Waals surface area contributed by atoms with Crippen molar-refractivity contribution in [3.05, 3.63) is 83.7 Å². The summed E-state index contributed by atoms with van der Waals surface area (Å²) in [5, 5.41) is 0. The second kappa shape index (κ2) is 8.47. The number of hydrogen-bond acceptors (Lipinski definition) is 3. The summed E-state index contributed by atoms with van der Waals surface area (Å²) in [6.07, 6.45) is -10.5. The molecule has 3 nitrogen and oxygen atoms in total. The Morgan fingerprint density at radius 1 is 0.893 bits per heavy atom. The van der Waals surface area contributed by atoms with Crippen LogP contribution in [0, 0.1) is 0 Å². The third kappa shape index (κ3) is 4.04. The molecule has 0 aromatic heterocycles. The first-order chi connectivity index (χ1) is 13.1. The van der Waals surface area contributed by atoms with Crippen molar-refractivity contribution in [2.24, 2.45) is 0 Å². The lowest BCUT2D eigenvalue weighted by molar-refractivity contribution is -0.278. The van der Waals surface area contributed by atoms with E-state index in [-0.39, 0.29) is 5.56 Å². The molecule has 28 heavy (non-hydrogen) atoms. The van der Waals surface area contributed by atoms with E-state index in [1.54, 1.807) is 0 Å². The van der Waals surface area contributed by atoms with Crippen LogP contribution in [0.15, 0.2) is 72.6 Å². The Labute approximate surface area is 156 Å². The van der Waals surface area contributed by atoms with Crippen molar-refractivity contribution >= 4 is 5.97 Å². The molecule has 150 valence electrons. The summed E-state index contributed by atoms with van der Waals surface area (Å²) in [6.45, 7) is 0. The van der Waals surface area contributed by atoms with Crippen LogP contribution in [0.5, 0.6) is 0 Å². The van der Waals surface area contributed by atoms with Crippen LogP contribution in [0.4, 0.5) is 26.3 Å². The lowest BCUT2D eigenvalue weighted by Crippen LogP contribution is -2.52. The van der Waals surface area contributed by atoms with Gasteiger partial charge in [-0.05, 0) is 5.56 Å². The highest BCUT2D eigenvalue weighted by molar-refractivity contribution is 5.83. The number of benzene rings is 2. The summed E-state index contributed by atoms with van der Waals surface area (Å²) in [7, 11) is 0.612. The number of alkyl halides is 3. The van der Waals surface area contributed by atoms with Gasteiger partial charge in [-0.3, -0.25) is 0 Å². The SMILES string of the molecule is CO[C@](C(=O)O[C@H](C(F)=C(F)F)c1ccccc1)(c1ccccc1)C(F)(F)F. The summed E-state index contributed by atoms with van der Waals surface area (Å²) in [4.78, 5) is 12.6. The number of ether oxygens (including phenoxy) is 2. The number of rotatable bonds is 6. The molecule has 2 aromatic carbocycles. The van der Waals surface area contributed by atoms with E-state index in [1.807, 2.05) is 0 Å². The highest BCUT2D eigenvalue weighted by Crippen LogP contribution is 2.44. The van der Waals surface area contributed by atoms with Gasteiger partial charge < -0.3 is 9.47 Å². The van der Waals surface area contributed by atoms with Crippen LogP contribution >= 0.6 is 0 Å². The molecule has 0 bridgehead atoms. The Balaban J connectivity index is 2.56. The van der Waals surface area contributed by atoms with Crippen molar-refractivity contribution in [3.8, 4) is 0 Å². The second-order valence-corrected chi connectivity index (χ2v) is 5.55. The van der Waals surface area contributed by atoms with Gasteiger partial charge in [-0.15, -0.1) is 0 Å². The molecule has 0 aliphatic carbocycles. The van der Waals surface area contributed by atoms with Gasteiger partial charge in [-0.2, -0.15) is 22.0 Å². The Bertz CT molecular complexity index is 832. The quantitative estimate of drug-likeness (QED) is 0.474. The van der Waals surface area contributed by atoms with Gasteiger partial charge in [0.15, 0.2) is 6.10 Å². The molecule has 0 radical (unpaired) electrons. The topological polar surface area (TPSA) is 35.5 Å². The molecule has 0 N–H and O–H groups in total. The van der Waals surface area contributed by atoms with Crippen molar-refractivity contribution in [3.63, 3.8) is 0 Å². The molecule has 0 saturated heterocycles. The fourth-order valence-corrected chi connectivity index (χ4v) is 2.57. The molecule has 0 amide bonds. The molecule has 0 aliphatic heterocycles. The second-order valence-electron chi connectivity index (χ2n) is 5.55. The largest absolute Gasteiger partial charge is 0.447 e. The molecule has 2 aromatic rings. The Kier molecular flexibility index (Phi) is 6.50. The zero-order chi connectivity index (χ0) is 20.9.